The Morgan fingerprint density at radius 3 is 2.50 bits per heavy atom. The fraction of sp³-hybridized carbons (Fsp3) is 0. The van der Waals surface area contributed by atoms with Gasteiger partial charge in [0.15, 0.2) is 10.9 Å². The third kappa shape index (κ3) is 4.40. The number of anilines is 1. The SMILES string of the molecule is O=C(NC(=S)Nc1cc([N+](=O)[O-])cc(Cl)c1O)c1ccc(Br)cc1. The molecule has 0 aliphatic heterocycles. The summed E-state index contributed by atoms with van der Waals surface area (Å²) in [6.45, 7) is 0. The van der Waals surface area contributed by atoms with Gasteiger partial charge in [0.2, 0.25) is 0 Å². The minimum atomic E-state index is -0.667. The highest BCUT2D eigenvalue weighted by molar-refractivity contribution is 9.10. The van der Waals surface area contributed by atoms with Gasteiger partial charge in [-0.1, -0.05) is 27.5 Å². The molecule has 0 aliphatic rings. The predicted molar refractivity (Wildman–Crippen MR) is 97.6 cm³/mol. The Morgan fingerprint density at radius 1 is 1.29 bits per heavy atom. The van der Waals surface area contributed by atoms with E-state index in [1.165, 1.54) is 0 Å². The predicted octanol–water partition coefficient (Wildman–Crippen LogP) is 3.84. The highest BCUT2D eigenvalue weighted by atomic mass is 79.9. The van der Waals surface area contributed by atoms with Crippen LogP contribution >= 0.6 is 39.7 Å². The Hall–Kier alpha value is -2.23. The van der Waals surface area contributed by atoms with Crippen LogP contribution in [0.3, 0.4) is 0 Å². The maximum Gasteiger partial charge on any atom is 0.273 e. The molecule has 1 amide bonds. The van der Waals surface area contributed by atoms with E-state index in [0.29, 0.717) is 5.56 Å². The first-order valence-electron chi connectivity index (χ1n) is 6.32. The van der Waals surface area contributed by atoms with Crippen LogP contribution in [0.2, 0.25) is 5.02 Å². The Labute approximate surface area is 154 Å². The van der Waals surface area contributed by atoms with Gasteiger partial charge >= 0.3 is 0 Å². The number of thiocarbonyl (C=S) groups is 1. The maximum absolute atomic E-state index is 12.0. The monoisotopic (exact) mass is 429 g/mol. The molecule has 0 heterocycles. The van der Waals surface area contributed by atoms with Crippen LogP contribution in [0, 0.1) is 10.1 Å². The number of carbonyl (C=O) groups excluding carboxylic acids is 1. The molecule has 124 valence electrons. The number of nitrogens with zero attached hydrogens (tertiary/aromatic N) is 1. The minimum Gasteiger partial charge on any atom is -0.504 e. The molecule has 0 spiro atoms. The summed E-state index contributed by atoms with van der Waals surface area (Å²) in [5, 5.41) is 25.2. The van der Waals surface area contributed by atoms with E-state index in [1.807, 2.05) is 0 Å². The highest BCUT2D eigenvalue weighted by Gasteiger charge is 2.16. The quantitative estimate of drug-likeness (QED) is 0.296. The van der Waals surface area contributed by atoms with Gasteiger partial charge in [0, 0.05) is 22.2 Å². The van der Waals surface area contributed by atoms with Gasteiger partial charge in [0.25, 0.3) is 11.6 Å². The molecule has 0 bridgehead atoms. The molecule has 7 nitrogen and oxygen atoms in total. The van der Waals surface area contributed by atoms with Gasteiger partial charge in [0.05, 0.1) is 15.6 Å². The lowest BCUT2D eigenvalue weighted by Crippen LogP contribution is -2.34. The number of aromatic hydroxyl groups is 1. The van der Waals surface area contributed by atoms with Crippen LogP contribution in [0.5, 0.6) is 5.75 Å². The molecule has 2 rings (SSSR count). The first-order chi connectivity index (χ1) is 11.3. The van der Waals surface area contributed by atoms with Crippen molar-refractivity contribution >= 4 is 62.1 Å². The van der Waals surface area contributed by atoms with Crippen LogP contribution in [0.15, 0.2) is 40.9 Å². The number of halogens is 2. The van der Waals surface area contributed by atoms with E-state index in [4.69, 9.17) is 23.8 Å². The second-order valence-electron chi connectivity index (χ2n) is 4.50. The zero-order chi connectivity index (χ0) is 17.9. The third-order valence-electron chi connectivity index (χ3n) is 2.84. The summed E-state index contributed by atoms with van der Waals surface area (Å²) < 4.78 is 0.816. The summed E-state index contributed by atoms with van der Waals surface area (Å²) >= 11 is 14.0. The highest BCUT2D eigenvalue weighted by Crippen LogP contribution is 2.35. The Morgan fingerprint density at radius 2 is 1.92 bits per heavy atom. The van der Waals surface area contributed by atoms with Crippen LogP contribution in [0.1, 0.15) is 10.4 Å². The van der Waals surface area contributed by atoms with Gasteiger partial charge < -0.3 is 10.4 Å². The topological polar surface area (TPSA) is 104 Å². The smallest absolute Gasteiger partial charge is 0.273 e. The van der Waals surface area contributed by atoms with Crippen molar-refractivity contribution in [3.8, 4) is 5.75 Å². The van der Waals surface area contributed by atoms with Crippen LogP contribution < -0.4 is 10.6 Å². The number of rotatable bonds is 3. The molecular formula is C14H9BrClN3O4S. The number of carbonyl (C=O) groups is 1. The lowest BCUT2D eigenvalue weighted by atomic mass is 10.2. The molecule has 0 aromatic heterocycles. The Kier molecular flexibility index (Phi) is 5.71. The van der Waals surface area contributed by atoms with Crippen LogP contribution in [0.4, 0.5) is 11.4 Å². The molecule has 0 saturated heterocycles. The van der Waals surface area contributed by atoms with Crippen molar-refractivity contribution in [2.24, 2.45) is 0 Å². The minimum absolute atomic E-state index is 0.0877. The standard InChI is InChI=1S/C14H9BrClN3O4S/c15-8-3-1-7(2-4-8)13(21)18-14(24)17-11-6-9(19(22)23)5-10(16)12(11)20/h1-6,20H,(H2,17,18,21,24). The normalized spacial score (nSPS) is 10.1. The average Bonchev–Trinajstić information content (AvgIpc) is 2.51. The van der Waals surface area contributed by atoms with E-state index < -0.39 is 16.6 Å². The van der Waals surface area contributed by atoms with Crippen LogP contribution in [-0.4, -0.2) is 21.0 Å². The molecule has 0 atom stereocenters. The van der Waals surface area contributed by atoms with Gasteiger partial charge in [-0.25, -0.2) is 0 Å². The average molecular weight is 431 g/mol. The number of phenolic OH excluding ortho intramolecular Hbond substituents is 1. The van der Waals surface area contributed by atoms with E-state index in [2.05, 4.69) is 26.6 Å². The molecule has 24 heavy (non-hydrogen) atoms. The second kappa shape index (κ2) is 7.56. The molecule has 0 radical (unpaired) electrons. The summed E-state index contributed by atoms with van der Waals surface area (Å²) in [5.41, 5.74) is -0.0544. The van der Waals surface area contributed by atoms with E-state index in [1.54, 1.807) is 24.3 Å². The fourth-order valence-electron chi connectivity index (χ4n) is 1.72. The number of hydrogen-bond donors (Lipinski definition) is 3. The van der Waals surface area contributed by atoms with Crippen LogP contribution in [-0.2, 0) is 0 Å². The van der Waals surface area contributed by atoms with E-state index in [9.17, 15) is 20.0 Å². The summed E-state index contributed by atoms with van der Waals surface area (Å²) in [6, 6.07) is 8.62. The zero-order valence-corrected chi connectivity index (χ0v) is 14.9. The molecular weight excluding hydrogens is 422 g/mol. The molecule has 10 heteroatoms. The van der Waals surface area contributed by atoms with Gasteiger partial charge in [-0.05, 0) is 36.5 Å². The molecule has 0 saturated carbocycles. The van der Waals surface area contributed by atoms with E-state index >= 15 is 0 Å². The third-order valence-corrected chi connectivity index (χ3v) is 3.86. The second-order valence-corrected chi connectivity index (χ2v) is 6.23. The van der Waals surface area contributed by atoms with E-state index in [0.717, 1.165) is 16.6 Å². The number of hydrogen-bond acceptors (Lipinski definition) is 5. The Bertz CT molecular complexity index is 830. The molecule has 0 aliphatic carbocycles. The summed E-state index contributed by atoms with van der Waals surface area (Å²) in [5.74, 6) is -0.890. The number of nitro groups is 1. The fourth-order valence-corrected chi connectivity index (χ4v) is 2.40. The molecule has 0 fully saturated rings. The molecule has 3 N–H and O–H groups in total. The summed E-state index contributed by atoms with van der Waals surface area (Å²) in [7, 11) is 0. The number of nitro benzene ring substituents is 1. The molecule has 0 unspecified atom stereocenters. The number of phenols is 1. The van der Waals surface area contributed by atoms with Crippen LogP contribution in [0.25, 0.3) is 0 Å². The largest absolute Gasteiger partial charge is 0.504 e. The number of nitrogens with one attached hydrogen (secondary N) is 2. The van der Waals surface area contributed by atoms with Crippen molar-refractivity contribution in [2.75, 3.05) is 5.32 Å². The number of non-ortho nitro benzene ring substituents is 1. The Balaban J connectivity index is 2.13. The lowest BCUT2D eigenvalue weighted by Gasteiger charge is -2.11. The maximum atomic E-state index is 12.0. The van der Waals surface area contributed by atoms with Crippen molar-refractivity contribution in [1.82, 2.24) is 5.32 Å². The molecule has 2 aromatic rings. The first kappa shape index (κ1) is 18.1. The van der Waals surface area contributed by atoms with Crippen molar-refractivity contribution < 1.29 is 14.8 Å². The summed E-state index contributed by atoms with van der Waals surface area (Å²) in [4.78, 5) is 22.2. The van der Waals surface area contributed by atoms with Gasteiger partial charge in [-0.3, -0.25) is 20.2 Å². The van der Waals surface area contributed by atoms with E-state index in [-0.39, 0.29) is 21.5 Å². The van der Waals surface area contributed by atoms with Gasteiger partial charge in [0.1, 0.15) is 0 Å². The molecule has 2 aromatic carbocycles. The van der Waals surface area contributed by atoms with Crippen molar-refractivity contribution in [3.05, 3.63) is 61.6 Å². The summed E-state index contributed by atoms with van der Waals surface area (Å²) in [6.07, 6.45) is 0. The first-order valence-corrected chi connectivity index (χ1v) is 7.90. The van der Waals surface area contributed by atoms with Gasteiger partial charge in [-0.2, -0.15) is 0 Å². The van der Waals surface area contributed by atoms with Crippen molar-refractivity contribution in [3.63, 3.8) is 0 Å². The lowest BCUT2D eigenvalue weighted by molar-refractivity contribution is -0.384. The van der Waals surface area contributed by atoms with Crippen molar-refractivity contribution in [1.29, 1.82) is 0 Å². The van der Waals surface area contributed by atoms with Crippen molar-refractivity contribution in [2.45, 2.75) is 0 Å². The number of amides is 1. The number of benzene rings is 2. The zero-order valence-electron chi connectivity index (χ0n) is 11.7. The van der Waals surface area contributed by atoms with Gasteiger partial charge in [-0.15, -0.1) is 0 Å².